The Labute approximate surface area is 257 Å². The number of benzene rings is 4. The van der Waals surface area contributed by atoms with Gasteiger partial charge < -0.3 is 9.80 Å². The van der Waals surface area contributed by atoms with Gasteiger partial charge in [0, 0.05) is 71.3 Å². The van der Waals surface area contributed by atoms with Crippen molar-refractivity contribution in [2.75, 3.05) is 55.8 Å². The number of aryl methyl sites for hydroxylation is 1. The molecule has 0 spiro atoms. The van der Waals surface area contributed by atoms with Crippen LogP contribution in [0.1, 0.15) is 34.8 Å². The molecule has 1 N–H and O–H groups in total. The van der Waals surface area contributed by atoms with Crippen molar-refractivity contribution in [3.05, 3.63) is 119 Å². The van der Waals surface area contributed by atoms with Crippen LogP contribution >= 0.6 is 0 Å². The molecule has 0 atom stereocenters. The summed E-state index contributed by atoms with van der Waals surface area (Å²) in [5.41, 5.74) is 7.36. The molecule has 0 amide bonds. The molecular formula is C35H43N5O2S. The number of sulfonamides is 1. The van der Waals surface area contributed by atoms with E-state index in [0.717, 1.165) is 55.1 Å². The smallest absolute Gasteiger partial charge is 0.261 e. The van der Waals surface area contributed by atoms with Crippen molar-refractivity contribution in [1.82, 2.24) is 9.80 Å². The molecule has 1 aliphatic heterocycles. The molecule has 7 nitrogen and oxygen atoms in total. The minimum absolute atomic E-state index is 0.118. The van der Waals surface area contributed by atoms with Gasteiger partial charge in [0.2, 0.25) is 0 Å². The van der Waals surface area contributed by atoms with Crippen molar-refractivity contribution < 1.29 is 8.42 Å². The standard InChI is InChI=1S/C35H43N5O2S/c1-27-11-21-32(22-12-27)43(41,42)36-34-10-7-6-9-33(34)35-39(25-28-13-17-30(18-14-28)37(2)3)23-8-24-40(35)26-29-15-19-31(20-16-29)38(4)5/h6-7,9-22,35-36H,8,23-26H2,1-5H3. The third-order valence-electron chi connectivity index (χ3n) is 8.07. The molecule has 5 rings (SSSR count). The van der Waals surface area contributed by atoms with E-state index in [1.807, 2.05) is 65.4 Å². The first-order valence-electron chi connectivity index (χ1n) is 14.8. The van der Waals surface area contributed by atoms with Crippen LogP contribution in [0.3, 0.4) is 0 Å². The maximum atomic E-state index is 13.5. The monoisotopic (exact) mass is 597 g/mol. The largest absolute Gasteiger partial charge is 0.378 e. The molecule has 4 aromatic carbocycles. The van der Waals surface area contributed by atoms with Gasteiger partial charge in [-0.2, -0.15) is 0 Å². The van der Waals surface area contributed by atoms with E-state index in [1.165, 1.54) is 11.1 Å². The topological polar surface area (TPSA) is 59.1 Å². The van der Waals surface area contributed by atoms with Gasteiger partial charge in [0.05, 0.1) is 16.7 Å². The number of para-hydroxylation sites is 1. The second kappa shape index (κ2) is 13.2. The van der Waals surface area contributed by atoms with E-state index >= 15 is 0 Å². The summed E-state index contributed by atoms with van der Waals surface area (Å²) < 4.78 is 30.0. The first kappa shape index (κ1) is 30.6. The summed E-state index contributed by atoms with van der Waals surface area (Å²) in [6.45, 7) is 5.29. The highest BCUT2D eigenvalue weighted by molar-refractivity contribution is 7.92. The Morgan fingerprint density at radius 2 is 1.19 bits per heavy atom. The van der Waals surface area contributed by atoms with Crippen LogP contribution in [0.15, 0.2) is 102 Å². The molecule has 8 heteroatoms. The third kappa shape index (κ3) is 7.39. The lowest BCUT2D eigenvalue weighted by molar-refractivity contribution is -0.00864. The number of nitrogens with zero attached hydrogens (tertiary/aromatic N) is 4. The number of anilines is 3. The number of hydrogen-bond donors (Lipinski definition) is 1. The second-order valence-electron chi connectivity index (χ2n) is 11.8. The molecule has 1 fully saturated rings. The fraction of sp³-hybridized carbons (Fsp3) is 0.314. The Balaban J connectivity index is 1.50. The van der Waals surface area contributed by atoms with E-state index in [-0.39, 0.29) is 11.1 Å². The first-order valence-corrected chi connectivity index (χ1v) is 16.3. The van der Waals surface area contributed by atoms with Gasteiger partial charge in [-0.1, -0.05) is 60.2 Å². The Morgan fingerprint density at radius 3 is 1.67 bits per heavy atom. The van der Waals surface area contributed by atoms with Crippen molar-refractivity contribution >= 4 is 27.1 Å². The second-order valence-corrected chi connectivity index (χ2v) is 13.5. The lowest BCUT2D eigenvalue weighted by atomic mass is 10.0. The predicted molar refractivity (Wildman–Crippen MR) is 178 cm³/mol. The summed E-state index contributed by atoms with van der Waals surface area (Å²) in [4.78, 5) is 9.41. The summed E-state index contributed by atoms with van der Waals surface area (Å²) in [6, 6.07) is 32.2. The van der Waals surface area contributed by atoms with Crippen LogP contribution < -0.4 is 14.5 Å². The maximum Gasteiger partial charge on any atom is 0.261 e. The zero-order valence-corrected chi connectivity index (χ0v) is 26.7. The highest BCUT2D eigenvalue weighted by Crippen LogP contribution is 2.37. The van der Waals surface area contributed by atoms with Crippen LogP contribution in [-0.4, -0.2) is 59.5 Å². The summed E-state index contributed by atoms with van der Waals surface area (Å²) in [6.07, 6.45) is 0.909. The zero-order chi connectivity index (χ0) is 30.6. The third-order valence-corrected chi connectivity index (χ3v) is 9.46. The molecule has 0 aliphatic carbocycles. The number of hydrogen-bond acceptors (Lipinski definition) is 6. The minimum atomic E-state index is -3.77. The van der Waals surface area contributed by atoms with Gasteiger partial charge in [-0.25, -0.2) is 8.42 Å². The van der Waals surface area contributed by atoms with Crippen molar-refractivity contribution in [1.29, 1.82) is 0 Å². The molecule has 0 bridgehead atoms. The summed E-state index contributed by atoms with van der Waals surface area (Å²) >= 11 is 0. The zero-order valence-electron chi connectivity index (χ0n) is 25.9. The van der Waals surface area contributed by atoms with E-state index in [9.17, 15) is 8.42 Å². The lowest BCUT2D eigenvalue weighted by Gasteiger charge is -2.45. The van der Waals surface area contributed by atoms with Gasteiger partial charge in [0.1, 0.15) is 0 Å². The summed E-state index contributed by atoms with van der Waals surface area (Å²) in [5.74, 6) is 0. The lowest BCUT2D eigenvalue weighted by Crippen LogP contribution is -2.47. The van der Waals surface area contributed by atoms with Crippen molar-refractivity contribution in [2.45, 2.75) is 37.5 Å². The van der Waals surface area contributed by atoms with E-state index < -0.39 is 10.0 Å². The number of rotatable bonds is 10. The first-order chi connectivity index (χ1) is 20.6. The van der Waals surface area contributed by atoms with Crippen LogP contribution in [0.2, 0.25) is 0 Å². The molecule has 0 unspecified atom stereocenters. The fourth-order valence-corrected chi connectivity index (χ4v) is 6.77. The molecule has 0 radical (unpaired) electrons. The highest BCUT2D eigenvalue weighted by Gasteiger charge is 2.33. The highest BCUT2D eigenvalue weighted by atomic mass is 32.2. The van der Waals surface area contributed by atoms with E-state index in [2.05, 4.69) is 78.9 Å². The quantitative estimate of drug-likeness (QED) is 0.230. The molecule has 226 valence electrons. The average molecular weight is 598 g/mol. The average Bonchev–Trinajstić information content (AvgIpc) is 2.98. The van der Waals surface area contributed by atoms with Gasteiger partial charge in [0.15, 0.2) is 0 Å². The van der Waals surface area contributed by atoms with Crippen LogP contribution in [0, 0.1) is 6.92 Å². The van der Waals surface area contributed by atoms with Crippen molar-refractivity contribution in [3.63, 3.8) is 0 Å². The van der Waals surface area contributed by atoms with Gasteiger partial charge in [-0.05, 0) is 66.9 Å². The van der Waals surface area contributed by atoms with Crippen LogP contribution in [-0.2, 0) is 23.1 Å². The van der Waals surface area contributed by atoms with Crippen molar-refractivity contribution in [3.8, 4) is 0 Å². The fourth-order valence-electron chi connectivity index (χ4n) is 5.68. The van der Waals surface area contributed by atoms with Crippen molar-refractivity contribution in [2.24, 2.45) is 0 Å². The molecular weight excluding hydrogens is 554 g/mol. The SMILES string of the molecule is Cc1ccc(S(=O)(=O)Nc2ccccc2C2N(Cc3ccc(N(C)C)cc3)CCCN2Cc2ccc(N(C)C)cc2)cc1. The van der Waals surface area contributed by atoms with E-state index in [0.29, 0.717) is 5.69 Å². The predicted octanol–water partition coefficient (Wildman–Crippen LogP) is 6.33. The minimum Gasteiger partial charge on any atom is -0.378 e. The van der Waals surface area contributed by atoms with Crippen LogP contribution in [0.4, 0.5) is 17.1 Å². The molecule has 0 saturated carbocycles. The normalized spacial score (nSPS) is 14.9. The molecule has 1 aliphatic rings. The van der Waals surface area contributed by atoms with Gasteiger partial charge in [-0.15, -0.1) is 0 Å². The Hall–Kier alpha value is -3.85. The Morgan fingerprint density at radius 1 is 0.698 bits per heavy atom. The van der Waals surface area contributed by atoms with Gasteiger partial charge in [0.25, 0.3) is 10.0 Å². The van der Waals surface area contributed by atoms with Crippen LogP contribution in [0.5, 0.6) is 0 Å². The molecule has 0 aromatic heterocycles. The van der Waals surface area contributed by atoms with Crippen LogP contribution in [0.25, 0.3) is 0 Å². The molecule has 43 heavy (non-hydrogen) atoms. The Kier molecular flexibility index (Phi) is 9.40. The van der Waals surface area contributed by atoms with Gasteiger partial charge in [-0.3, -0.25) is 14.5 Å². The van der Waals surface area contributed by atoms with Gasteiger partial charge >= 0.3 is 0 Å². The number of nitrogens with one attached hydrogen (secondary N) is 1. The molecule has 4 aromatic rings. The molecule has 1 heterocycles. The Bertz CT molecular complexity index is 1540. The summed E-state index contributed by atoms with van der Waals surface area (Å²) in [7, 11) is 4.43. The van der Waals surface area contributed by atoms with E-state index in [4.69, 9.17) is 0 Å². The van der Waals surface area contributed by atoms with E-state index in [1.54, 1.807) is 12.1 Å². The molecule has 1 saturated heterocycles. The summed E-state index contributed by atoms with van der Waals surface area (Å²) in [5, 5.41) is 0. The maximum absolute atomic E-state index is 13.5.